The molecule has 0 aliphatic heterocycles. The van der Waals surface area contributed by atoms with Crippen LogP contribution in [0.3, 0.4) is 0 Å². The van der Waals surface area contributed by atoms with Crippen molar-refractivity contribution in [1.82, 2.24) is 5.32 Å². The maximum Gasteiger partial charge on any atom is 0.104 e. The van der Waals surface area contributed by atoms with Gasteiger partial charge < -0.3 is 5.11 Å². The SMILES string of the molecule is CCCCCCCCCCCCCCCCCCCCCCCCCCCNC(O)CC. The highest BCUT2D eigenvalue weighted by Crippen LogP contribution is 2.15. The van der Waals surface area contributed by atoms with E-state index < -0.39 is 0 Å². The third-order valence-corrected chi connectivity index (χ3v) is 7.05. The molecular weight excluding hydrogens is 390 g/mol. The molecule has 1 atom stereocenters. The minimum atomic E-state index is -0.302. The minimum absolute atomic E-state index is 0.302. The number of unbranched alkanes of at least 4 members (excludes halogenated alkanes) is 24. The maximum atomic E-state index is 9.43. The first-order chi connectivity index (χ1) is 15.8. The second-order valence-electron chi connectivity index (χ2n) is 10.4. The van der Waals surface area contributed by atoms with Crippen molar-refractivity contribution in [1.29, 1.82) is 0 Å². The molecule has 0 bridgehead atoms. The van der Waals surface area contributed by atoms with Crippen LogP contribution in [-0.4, -0.2) is 17.9 Å². The van der Waals surface area contributed by atoms with Gasteiger partial charge >= 0.3 is 0 Å². The number of rotatable bonds is 28. The van der Waals surface area contributed by atoms with E-state index in [0.29, 0.717) is 0 Å². The van der Waals surface area contributed by atoms with E-state index in [2.05, 4.69) is 12.2 Å². The van der Waals surface area contributed by atoms with Gasteiger partial charge in [-0.15, -0.1) is 0 Å². The van der Waals surface area contributed by atoms with Gasteiger partial charge in [-0.05, 0) is 19.4 Å². The summed E-state index contributed by atoms with van der Waals surface area (Å²) < 4.78 is 0. The Morgan fingerprint density at radius 3 is 0.906 bits per heavy atom. The average molecular weight is 454 g/mol. The van der Waals surface area contributed by atoms with Gasteiger partial charge in [0.1, 0.15) is 6.23 Å². The predicted octanol–water partition coefficient (Wildman–Crippen LogP) is 10.1. The molecule has 0 aromatic carbocycles. The van der Waals surface area contributed by atoms with Crippen molar-refractivity contribution in [3.05, 3.63) is 0 Å². The largest absolute Gasteiger partial charge is 0.379 e. The van der Waals surface area contributed by atoms with Crippen molar-refractivity contribution < 1.29 is 5.11 Å². The number of aliphatic hydroxyl groups is 1. The monoisotopic (exact) mass is 453 g/mol. The molecule has 194 valence electrons. The number of nitrogens with one attached hydrogen (secondary N) is 1. The lowest BCUT2D eigenvalue weighted by atomic mass is 10.0. The quantitative estimate of drug-likeness (QED) is 0.0912. The summed E-state index contributed by atoms with van der Waals surface area (Å²) in [6, 6.07) is 0. The molecule has 0 spiro atoms. The Balaban J connectivity index is 3.01. The fourth-order valence-electron chi connectivity index (χ4n) is 4.68. The molecule has 32 heavy (non-hydrogen) atoms. The van der Waals surface area contributed by atoms with Crippen molar-refractivity contribution in [2.24, 2.45) is 0 Å². The Morgan fingerprint density at radius 1 is 0.406 bits per heavy atom. The van der Waals surface area contributed by atoms with Crippen molar-refractivity contribution >= 4 is 0 Å². The van der Waals surface area contributed by atoms with Crippen LogP contribution < -0.4 is 5.32 Å². The zero-order valence-corrected chi connectivity index (χ0v) is 22.6. The molecule has 0 heterocycles. The molecule has 0 aromatic rings. The molecule has 0 amide bonds. The van der Waals surface area contributed by atoms with Crippen LogP contribution >= 0.6 is 0 Å². The minimum Gasteiger partial charge on any atom is -0.379 e. The highest BCUT2D eigenvalue weighted by atomic mass is 16.3. The molecule has 2 nitrogen and oxygen atoms in total. The second-order valence-corrected chi connectivity index (χ2v) is 10.4. The summed E-state index contributed by atoms with van der Waals surface area (Å²) in [5.41, 5.74) is 0. The zero-order chi connectivity index (χ0) is 23.4. The molecule has 2 N–H and O–H groups in total. The molecule has 0 aromatic heterocycles. The fraction of sp³-hybridized carbons (Fsp3) is 1.00. The van der Waals surface area contributed by atoms with Crippen LogP contribution in [-0.2, 0) is 0 Å². The standard InChI is InChI=1S/C30H63NO/c1-3-5-6-7-8-9-10-11-12-13-14-15-16-17-18-19-20-21-22-23-24-25-26-27-28-29-31-30(32)4-2/h30-32H,3-29H2,1-2H3. The number of hydrogen-bond acceptors (Lipinski definition) is 2. The first kappa shape index (κ1) is 31.9. The van der Waals surface area contributed by atoms with Crippen LogP contribution in [0.4, 0.5) is 0 Å². The summed E-state index contributed by atoms with van der Waals surface area (Å²) in [5.74, 6) is 0. The second kappa shape index (κ2) is 29.0. The maximum absolute atomic E-state index is 9.43. The molecule has 0 saturated heterocycles. The van der Waals surface area contributed by atoms with E-state index in [4.69, 9.17) is 0 Å². The topological polar surface area (TPSA) is 32.3 Å². The normalized spacial score (nSPS) is 12.5. The van der Waals surface area contributed by atoms with Gasteiger partial charge in [-0.3, -0.25) is 5.32 Å². The Hall–Kier alpha value is -0.0800. The number of aliphatic hydroxyl groups excluding tert-OH is 1. The summed E-state index contributed by atoms with van der Waals surface area (Å²) in [7, 11) is 0. The van der Waals surface area contributed by atoms with E-state index in [0.717, 1.165) is 13.0 Å². The summed E-state index contributed by atoms with van der Waals surface area (Å²) in [4.78, 5) is 0. The molecule has 0 aliphatic carbocycles. The van der Waals surface area contributed by atoms with Crippen LogP contribution in [0.15, 0.2) is 0 Å². The highest BCUT2D eigenvalue weighted by molar-refractivity contribution is 4.53. The molecule has 0 radical (unpaired) electrons. The van der Waals surface area contributed by atoms with Gasteiger partial charge in [-0.2, -0.15) is 0 Å². The van der Waals surface area contributed by atoms with E-state index in [1.54, 1.807) is 0 Å². The third kappa shape index (κ3) is 28.0. The van der Waals surface area contributed by atoms with Gasteiger partial charge in [-0.1, -0.05) is 168 Å². The van der Waals surface area contributed by atoms with Crippen molar-refractivity contribution in [3.8, 4) is 0 Å². The van der Waals surface area contributed by atoms with Gasteiger partial charge in [0, 0.05) is 0 Å². The first-order valence-electron chi connectivity index (χ1n) is 15.2. The van der Waals surface area contributed by atoms with Crippen LogP contribution in [0.5, 0.6) is 0 Å². The van der Waals surface area contributed by atoms with Gasteiger partial charge in [0.05, 0.1) is 0 Å². The van der Waals surface area contributed by atoms with Crippen LogP contribution in [0.1, 0.15) is 181 Å². The van der Waals surface area contributed by atoms with Gasteiger partial charge in [-0.25, -0.2) is 0 Å². The van der Waals surface area contributed by atoms with Gasteiger partial charge in [0.15, 0.2) is 0 Å². The Kier molecular flexibility index (Phi) is 28.9. The van der Waals surface area contributed by atoms with E-state index in [1.807, 2.05) is 6.92 Å². The summed E-state index contributed by atoms with van der Waals surface area (Å²) in [5, 5.41) is 12.6. The van der Waals surface area contributed by atoms with E-state index in [1.165, 1.54) is 161 Å². The summed E-state index contributed by atoms with van der Waals surface area (Å²) >= 11 is 0. The van der Waals surface area contributed by atoms with Crippen molar-refractivity contribution in [2.75, 3.05) is 6.54 Å². The molecule has 0 rings (SSSR count). The van der Waals surface area contributed by atoms with Crippen LogP contribution in [0.25, 0.3) is 0 Å². The number of hydrogen-bond donors (Lipinski definition) is 2. The van der Waals surface area contributed by atoms with E-state index in [9.17, 15) is 5.11 Å². The lowest BCUT2D eigenvalue weighted by Crippen LogP contribution is -2.28. The average Bonchev–Trinajstić information content (AvgIpc) is 2.81. The smallest absolute Gasteiger partial charge is 0.104 e. The van der Waals surface area contributed by atoms with Crippen molar-refractivity contribution in [2.45, 2.75) is 187 Å². The first-order valence-corrected chi connectivity index (χ1v) is 15.2. The fourth-order valence-corrected chi connectivity index (χ4v) is 4.68. The van der Waals surface area contributed by atoms with Crippen LogP contribution in [0, 0.1) is 0 Å². The van der Waals surface area contributed by atoms with E-state index in [-0.39, 0.29) is 6.23 Å². The van der Waals surface area contributed by atoms with Gasteiger partial charge in [0.25, 0.3) is 0 Å². The van der Waals surface area contributed by atoms with Crippen molar-refractivity contribution in [3.63, 3.8) is 0 Å². The lowest BCUT2D eigenvalue weighted by Gasteiger charge is -2.09. The molecule has 0 fully saturated rings. The van der Waals surface area contributed by atoms with E-state index >= 15 is 0 Å². The third-order valence-electron chi connectivity index (χ3n) is 7.05. The lowest BCUT2D eigenvalue weighted by molar-refractivity contribution is 0.133. The van der Waals surface area contributed by atoms with Crippen LogP contribution in [0.2, 0.25) is 0 Å². The molecule has 1 unspecified atom stereocenters. The summed E-state index contributed by atoms with van der Waals surface area (Å²) in [6.45, 7) is 5.28. The Labute approximate surface area is 204 Å². The molecule has 2 heteroatoms. The summed E-state index contributed by atoms with van der Waals surface area (Å²) in [6.07, 6.45) is 36.5. The molecule has 0 saturated carbocycles. The molecule has 0 aliphatic rings. The highest BCUT2D eigenvalue weighted by Gasteiger charge is 1.98. The molecular formula is C30H63NO. The predicted molar refractivity (Wildman–Crippen MR) is 145 cm³/mol. The van der Waals surface area contributed by atoms with Gasteiger partial charge in [0.2, 0.25) is 0 Å². The zero-order valence-electron chi connectivity index (χ0n) is 22.6. The Bertz CT molecular complexity index is 320. The Morgan fingerprint density at radius 2 is 0.656 bits per heavy atom.